The summed E-state index contributed by atoms with van der Waals surface area (Å²) in [5.74, 6) is 0.551. The zero-order chi connectivity index (χ0) is 51.1. The number of amidine groups is 2. The van der Waals surface area contributed by atoms with Crippen molar-refractivity contribution in [2.45, 2.75) is 6.92 Å². The molecule has 0 bridgehead atoms. The number of nitrogens with zero attached hydrogens (tertiary/aromatic N) is 6. The van der Waals surface area contributed by atoms with Gasteiger partial charge in [-0.3, -0.25) is 5.41 Å². The number of benzene rings is 11. The average Bonchev–Trinajstić information content (AvgIpc) is 4.44. The van der Waals surface area contributed by atoms with Crippen molar-refractivity contribution in [2.24, 2.45) is 9.98 Å². The summed E-state index contributed by atoms with van der Waals surface area (Å²) in [6.45, 7) is 2.14. The lowest BCUT2D eigenvalue weighted by molar-refractivity contribution is 1.04. The van der Waals surface area contributed by atoms with Crippen molar-refractivity contribution in [3.63, 3.8) is 0 Å². The summed E-state index contributed by atoms with van der Waals surface area (Å²) in [5.41, 5.74) is 15.5. The van der Waals surface area contributed by atoms with Gasteiger partial charge >= 0.3 is 0 Å². The van der Waals surface area contributed by atoms with Crippen LogP contribution in [0.2, 0.25) is 0 Å². The van der Waals surface area contributed by atoms with E-state index in [1.54, 1.807) is 0 Å². The third-order valence-electron chi connectivity index (χ3n) is 15.4. The molecular formula is C70H47N7. The van der Waals surface area contributed by atoms with Crippen LogP contribution in [0.5, 0.6) is 0 Å². The van der Waals surface area contributed by atoms with Crippen LogP contribution < -0.4 is 0 Å². The molecule has 0 saturated carbocycles. The Hall–Kier alpha value is -10.4. The number of rotatable bonds is 7. The van der Waals surface area contributed by atoms with E-state index in [-0.39, 0.29) is 5.84 Å². The van der Waals surface area contributed by atoms with Gasteiger partial charge in [0.1, 0.15) is 0 Å². The summed E-state index contributed by atoms with van der Waals surface area (Å²) < 4.78 is 9.92. The number of hydrogen-bond donors (Lipinski definition) is 1. The third kappa shape index (κ3) is 6.80. The van der Waals surface area contributed by atoms with Crippen molar-refractivity contribution >= 4 is 105 Å². The first-order chi connectivity index (χ1) is 38.1. The highest BCUT2D eigenvalue weighted by Gasteiger charge is 2.32. The molecule has 7 heteroatoms. The Morgan fingerprint density at radius 2 is 0.558 bits per heavy atom. The van der Waals surface area contributed by atoms with Crippen LogP contribution in [-0.4, -0.2) is 35.7 Å². The molecule has 0 aliphatic carbocycles. The molecule has 0 spiro atoms. The normalized spacial score (nSPS) is 12.4. The predicted octanol–water partition coefficient (Wildman–Crippen LogP) is 17.4. The van der Waals surface area contributed by atoms with Gasteiger partial charge in [0.05, 0.1) is 72.6 Å². The minimum Gasteiger partial charge on any atom is -0.307 e. The van der Waals surface area contributed by atoms with E-state index in [0.717, 1.165) is 121 Å². The van der Waals surface area contributed by atoms with Gasteiger partial charge in [-0.15, -0.1) is 0 Å². The van der Waals surface area contributed by atoms with Crippen LogP contribution in [-0.2, 0) is 0 Å². The number of nitrogens with one attached hydrogen (secondary N) is 1. The molecule has 4 heterocycles. The molecule has 0 atom stereocenters. The van der Waals surface area contributed by atoms with E-state index < -0.39 is 0 Å². The average molecular weight is 986 g/mol. The fourth-order valence-corrected chi connectivity index (χ4v) is 12.2. The summed E-state index contributed by atoms with van der Waals surface area (Å²) in [6.07, 6.45) is 0. The molecule has 4 aromatic heterocycles. The molecular weight excluding hydrogens is 939 g/mol. The molecule has 0 saturated heterocycles. The maximum Gasteiger partial charge on any atom is 0.161 e. The quantitative estimate of drug-likeness (QED) is 0.122. The van der Waals surface area contributed by atoms with Gasteiger partial charge in [0.25, 0.3) is 0 Å². The van der Waals surface area contributed by atoms with Crippen LogP contribution in [0.1, 0.15) is 23.6 Å². The molecule has 7 nitrogen and oxygen atoms in total. The first-order valence-corrected chi connectivity index (χ1v) is 26.1. The van der Waals surface area contributed by atoms with E-state index in [4.69, 9.17) is 9.98 Å². The van der Waals surface area contributed by atoms with Gasteiger partial charge in [0.15, 0.2) is 11.7 Å². The molecule has 11 aromatic carbocycles. The van der Waals surface area contributed by atoms with Crippen LogP contribution in [0.3, 0.4) is 0 Å². The number of aromatic nitrogens is 4. The maximum absolute atomic E-state index is 9.52. The Balaban J connectivity index is 1.24. The molecule has 0 aliphatic rings. The summed E-state index contributed by atoms with van der Waals surface area (Å²) in [7, 11) is 0. The summed E-state index contributed by atoms with van der Waals surface area (Å²) >= 11 is 0. The fraction of sp³-hybridized carbons (Fsp3) is 0.0143. The Labute approximate surface area is 443 Å². The second kappa shape index (κ2) is 17.6. The minimum absolute atomic E-state index is 0.122. The minimum atomic E-state index is 0.122. The molecule has 0 unspecified atom stereocenters. The van der Waals surface area contributed by atoms with E-state index in [9.17, 15) is 5.41 Å². The van der Waals surface area contributed by atoms with Gasteiger partial charge in [-0.25, -0.2) is 9.98 Å². The van der Waals surface area contributed by atoms with Crippen LogP contribution in [0, 0.1) is 5.41 Å². The van der Waals surface area contributed by atoms with Crippen molar-refractivity contribution < 1.29 is 0 Å². The van der Waals surface area contributed by atoms with Crippen molar-refractivity contribution in [2.75, 3.05) is 0 Å². The van der Waals surface area contributed by atoms with Gasteiger partial charge in [0.2, 0.25) is 0 Å². The Bertz CT molecular complexity index is 4480. The predicted molar refractivity (Wildman–Crippen MR) is 322 cm³/mol. The lowest BCUT2D eigenvalue weighted by atomic mass is 9.99. The van der Waals surface area contributed by atoms with Crippen molar-refractivity contribution in [1.82, 2.24) is 18.3 Å². The molecule has 1 N–H and O–H groups in total. The monoisotopic (exact) mass is 985 g/mol. The molecule has 0 aliphatic heterocycles. The SMILES string of the molecule is C/C(=N\C(=N/C(=N)c1ccccc1)c1ccccc1)c1c(-n2c3ccccc3c3ccccc32)c(-n2c3ccccc3c3ccccc32)cc(-n2c3ccccc3c3ccccc32)c1-n1c2ccccc2c2ccccc21. The van der Waals surface area contributed by atoms with E-state index in [1.165, 1.54) is 0 Å². The molecule has 0 fully saturated rings. The Morgan fingerprint density at radius 3 is 0.870 bits per heavy atom. The zero-order valence-corrected chi connectivity index (χ0v) is 42.0. The highest BCUT2D eigenvalue weighted by atomic mass is 15.1. The first-order valence-electron chi connectivity index (χ1n) is 26.1. The van der Waals surface area contributed by atoms with Crippen LogP contribution in [0.4, 0.5) is 0 Å². The third-order valence-corrected chi connectivity index (χ3v) is 15.4. The van der Waals surface area contributed by atoms with Crippen molar-refractivity contribution in [3.05, 3.63) is 278 Å². The summed E-state index contributed by atoms with van der Waals surface area (Å²) in [4.78, 5) is 11.0. The van der Waals surface area contributed by atoms with E-state index in [0.29, 0.717) is 17.1 Å². The number of hydrogen-bond acceptors (Lipinski definition) is 1. The maximum atomic E-state index is 9.52. The smallest absolute Gasteiger partial charge is 0.161 e. The van der Waals surface area contributed by atoms with E-state index >= 15 is 0 Å². The largest absolute Gasteiger partial charge is 0.307 e. The van der Waals surface area contributed by atoms with Crippen LogP contribution in [0.15, 0.2) is 271 Å². The van der Waals surface area contributed by atoms with Gasteiger partial charge in [-0.2, -0.15) is 0 Å². The summed E-state index contributed by atoms with van der Waals surface area (Å²) in [5, 5.41) is 18.7. The fourth-order valence-electron chi connectivity index (χ4n) is 12.2. The molecule has 362 valence electrons. The van der Waals surface area contributed by atoms with Gasteiger partial charge in [-0.05, 0) is 61.5 Å². The van der Waals surface area contributed by atoms with Gasteiger partial charge < -0.3 is 18.3 Å². The topological polar surface area (TPSA) is 68.3 Å². The lowest BCUT2D eigenvalue weighted by Gasteiger charge is -2.28. The standard InChI is InChI=1S/C70H47N7/c1-45(72-70(47-26-6-3-7-27-47)73-69(71)46-24-4-2-5-25-46)66-67(76-60-40-20-12-32-52(60)53-33-13-21-41-61(53)76)64(74-56-36-16-8-28-48(56)49-29-9-17-37-57(49)74)44-65(75-58-38-18-10-30-50(58)51-31-11-19-39-59(51)75)68(66)77-62-42-22-14-34-54(62)55-35-15-23-43-63(55)77/h2-44,71H,1H3/b71-69?,72-45+,73-70-. The van der Waals surface area contributed by atoms with Gasteiger partial charge in [-0.1, -0.05) is 206 Å². The second-order valence-electron chi connectivity index (χ2n) is 19.7. The highest BCUT2D eigenvalue weighted by molar-refractivity contribution is 6.22. The number of aliphatic imine (C=N–C) groups is 2. The summed E-state index contributed by atoms with van der Waals surface area (Å²) in [6, 6.07) is 92.5. The molecule has 77 heavy (non-hydrogen) atoms. The van der Waals surface area contributed by atoms with Crippen LogP contribution in [0.25, 0.3) is 110 Å². The first kappa shape index (κ1) is 44.1. The zero-order valence-electron chi connectivity index (χ0n) is 42.0. The van der Waals surface area contributed by atoms with Crippen molar-refractivity contribution in [3.8, 4) is 22.7 Å². The molecule has 15 rings (SSSR count). The molecule has 15 aromatic rings. The number of para-hydroxylation sites is 8. The van der Waals surface area contributed by atoms with Crippen LogP contribution >= 0.6 is 0 Å². The molecule has 0 radical (unpaired) electrons. The van der Waals surface area contributed by atoms with Gasteiger partial charge in [0, 0.05) is 59.8 Å². The van der Waals surface area contributed by atoms with E-state index in [2.05, 4.69) is 225 Å². The highest BCUT2D eigenvalue weighted by Crippen LogP contribution is 2.47. The lowest BCUT2D eigenvalue weighted by Crippen LogP contribution is -2.18. The Kier molecular flexibility index (Phi) is 10.1. The van der Waals surface area contributed by atoms with Crippen molar-refractivity contribution in [1.29, 1.82) is 5.41 Å². The molecule has 0 amide bonds. The van der Waals surface area contributed by atoms with E-state index in [1.807, 2.05) is 60.7 Å². The number of fused-ring (bicyclic) bond motifs is 12. The second-order valence-corrected chi connectivity index (χ2v) is 19.7. The Morgan fingerprint density at radius 1 is 0.299 bits per heavy atom.